The van der Waals surface area contributed by atoms with Gasteiger partial charge in [-0.1, -0.05) is 12.1 Å². The molecule has 0 bridgehead atoms. The maximum Gasteiger partial charge on any atom is 0.330 e. The van der Waals surface area contributed by atoms with Crippen LogP contribution in [0.5, 0.6) is 0 Å². The lowest BCUT2D eigenvalue weighted by atomic mass is 10.3. The molecule has 20 heavy (non-hydrogen) atoms. The monoisotopic (exact) mass is 270 g/mol. The molecule has 0 saturated heterocycles. The van der Waals surface area contributed by atoms with Crippen LogP contribution in [0.4, 0.5) is 0 Å². The first-order valence-corrected chi connectivity index (χ1v) is 6.31. The minimum absolute atomic E-state index is 0.357. The van der Waals surface area contributed by atoms with E-state index >= 15 is 0 Å². The first-order chi connectivity index (χ1) is 9.61. The number of nitrogens with zero attached hydrogens (tertiary/aromatic N) is 4. The molecule has 2 heterocycles. The smallest absolute Gasteiger partial charge is 0.330 e. The zero-order chi connectivity index (χ0) is 14.3. The van der Waals surface area contributed by atoms with Crippen molar-refractivity contribution in [2.75, 3.05) is 7.11 Å². The second kappa shape index (κ2) is 4.56. The Morgan fingerprint density at radius 2 is 1.90 bits per heavy atom. The molecule has 3 aromatic rings. The second-order valence-electron chi connectivity index (χ2n) is 4.61. The van der Waals surface area contributed by atoms with Gasteiger partial charge in [0.1, 0.15) is 11.6 Å². The maximum absolute atomic E-state index is 11.7. The SMILES string of the molecule is COC(=O)C(C)n1nc(C)c2nc3ccccc3nc21. The number of aromatic nitrogens is 4. The summed E-state index contributed by atoms with van der Waals surface area (Å²) in [6.45, 7) is 3.58. The van der Waals surface area contributed by atoms with Crippen LogP contribution in [-0.4, -0.2) is 32.8 Å². The van der Waals surface area contributed by atoms with Crippen molar-refractivity contribution in [2.45, 2.75) is 19.9 Å². The van der Waals surface area contributed by atoms with Crippen LogP contribution in [-0.2, 0) is 9.53 Å². The predicted octanol–water partition coefficient (Wildman–Crippen LogP) is 2.02. The van der Waals surface area contributed by atoms with Crippen molar-refractivity contribution < 1.29 is 9.53 Å². The fourth-order valence-electron chi connectivity index (χ4n) is 2.19. The molecule has 1 aromatic carbocycles. The van der Waals surface area contributed by atoms with Crippen LogP contribution in [0.3, 0.4) is 0 Å². The highest BCUT2D eigenvalue weighted by atomic mass is 16.5. The van der Waals surface area contributed by atoms with Gasteiger partial charge in [0.2, 0.25) is 0 Å². The number of fused-ring (bicyclic) bond motifs is 2. The van der Waals surface area contributed by atoms with Crippen molar-refractivity contribution in [2.24, 2.45) is 0 Å². The summed E-state index contributed by atoms with van der Waals surface area (Å²) < 4.78 is 6.33. The van der Waals surface area contributed by atoms with E-state index in [2.05, 4.69) is 15.1 Å². The van der Waals surface area contributed by atoms with E-state index in [0.717, 1.165) is 16.7 Å². The van der Waals surface area contributed by atoms with Crippen molar-refractivity contribution in [1.29, 1.82) is 0 Å². The Bertz CT molecular complexity index is 809. The fraction of sp³-hybridized carbons (Fsp3) is 0.286. The number of rotatable bonds is 2. The average Bonchev–Trinajstić information content (AvgIpc) is 2.80. The first-order valence-electron chi connectivity index (χ1n) is 6.31. The van der Waals surface area contributed by atoms with Gasteiger partial charge < -0.3 is 4.74 Å². The number of esters is 1. The molecule has 0 amide bonds. The molecule has 1 unspecified atom stereocenters. The Labute approximate surface area is 115 Å². The number of hydrogen-bond acceptors (Lipinski definition) is 5. The molecule has 6 heteroatoms. The van der Waals surface area contributed by atoms with Gasteiger partial charge in [-0.15, -0.1) is 0 Å². The van der Waals surface area contributed by atoms with E-state index in [9.17, 15) is 4.79 Å². The third-order valence-electron chi connectivity index (χ3n) is 3.28. The second-order valence-corrected chi connectivity index (χ2v) is 4.61. The summed E-state index contributed by atoms with van der Waals surface area (Å²) in [4.78, 5) is 20.8. The summed E-state index contributed by atoms with van der Waals surface area (Å²) in [5, 5.41) is 4.37. The standard InChI is InChI=1S/C14H14N4O2/c1-8-12-13(18(17-8)9(2)14(19)20-3)16-11-7-5-4-6-10(11)15-12/h4-7,9H,1-3H3. The highest BCUT2D eigenvalue weighted by Gasteiger charge is 2.21. The Kier molecular flexibility index (Phi) is 2.85. The minimum atomic E-state index is -0.535. The number of carbonyl (C=O) groups excluding carboxylic acids is 1. The van der Waals surface area contributed by atoms with Gasteiger partial charge in [-0.25, -0.2) is 19.4 Å². The number of aryl methyl sites for hydroxylation is 1. The van der Waals surface area contributed by atoms with Crippen LogP contribution in [0.15, 0.2) is 24.3 Å². The number of hydrogen-bond donors (Lipinski definition) is 0. The van der Waals surface area contributed by atoms with Crippen molar-refractivity contribution in [3.63, 3.8) is 0 Å². The van der Waals surface area contributed by atoms with E-state index in [1.54, 1.807) is 11.6 Å². The Morgan fingerprint density at radius 3 is 2.55 bits per heavy atom. The highest BCUT2D eigenvalue weighted by Crippen LogP contribution is 2.21. The van der Waals surface area contributed by atoms with E-state index in [-0.39, 0.29) is 5.97 Å². The summed E-state index contributed by atoms with van der Waals surface area (Å²) in [5.41, 5.74) is 3.64. The van der Waals surface area contributed by atoms with Crippen LogP contribution < -0.4 is 0 Å². The van der Waals surface area contributed by atoms with E-state index < -0.39 is 6.04 Å². The summed E-state index contributed by atoms with van der Waals surface area (Å²) >= 11 is 0. The number of para-hydroxylation sites is 2. The summed E-state index contributed by atoms with van der Waals surface area (Å²) in [6, 6.07) is 7.07. The number of benzene rings is 1. The van der Waals surface area contributed by atoms with E-state index in [1.807, 2.05) is 31.2 Å². The maximum atomic E-state index is 11.7. The van der Waals surface area contributed by atoms with Gasteiger partial charge in [-0.2, -0.15) is 5.10 Å². The van der Waals surface area contributed by atoms with Crippen LogP contribution in [0, 0.1) is 6.92 Å². The molecule has 0 aliphatic heterocycles. The van der Waals surface area contributed by atoms with Crippen LogP contribution >= 0.6 is 0 Å². The molecule has 2 aromatic heterocycles. The minimum Gasteiger partial charge on any atom is -0.467 e. The van der Waals surface area contributed by atoms with Gasteiger partial charge in [0.25, 0.3) is 0 Å². The van der Waals surface area contributed by atoms with Crippen LogP contribution in [0.25, 0.3) is 22.2 Å². The third-order valence-corrected chi connectivity index (χ3v) is 3.28. The van der Waals surface area contributed by atoms with Crippen molar-refractivity contribution >= 4 is 28.2 Å². The number of carbonyl (C=O) groups is 1. The van der Waals surface area contributed by atoms with Crippen molar-refractivity contribution in [3.05, 3.63) is 30.0 Å². The molecule has 1 atom stereocenters. The van der Waals surface area contributed by atoms with Gasteiger partial charge in [-0.05, 0) is 26.0 Å². The van der Waals surface area contributed by atoms with Crippen molar-refractivity contribution in [3.8, 4) is 0 Å². The zero-order valence-corrected chi connectivity index (χ0v) is 11.5. The zero-order valence-electron chi connectivity index (χ0n) is 11.5. The van der Waals surface area contributed by atoms with Crippen LogP contribution in [0.2, 0.25) is 0 Å². The Morgan fingerprint density at radius 1 is 1.25 bits per heavy atom. The molecular formula is C14H14N4O2. The molecule has 0 fully saturated rings. The Hall–Kier alpha value is -2.50. The Balaban J connectivity index is 2.28. The molecule has 6 nitrogen and oxygen atoms in total. The molecule has 3 rings (SSSR count). The summed E-state index contributed by atoms with van der Waals surface area (Å²) in [5.74, 6) is -0.357. The molecule has 0 aliphatic rings. The van der Waals surface area contributed by atoms with Gasteiger partial charge in [0.15, 0.2) is 5.65 Å². The molecule has 102 valence electrons. The molecule has 0 aliphatic carbocycles. The number of ether oxygens (including phenoxy) is 1. The van der Waals surface area contributed by atoms with E-state index in [0.29, 0.717) is 11.2 Å². The van der Waals surface area contributed by atoms with Gasteiger partial charge in [0, 0.05) is 0 Å². The van der Waals surface area contributed by atoms with Gasteiger partial charge in [-0.3, -0.25) is 0 Å². The lowest BCUT2D eigenvalue weighted by Crippen LogP contribution is -2.19. The lowest BCUT2D eigenvalue weighted by molar-refractivity contribution is -0.144. The fourth-order valence-corrected chi connectivity index (χ4v) is 2.19. The third kappa shape index (κ3) is 1.80. The highest BCUT2D eigenvalue weighted by molar-refractivity contribution is 5.86. The quantitative estimate of drug-likeness (QED) is 0.666. The normalized spacial score (nSPS) is 12.8. The van der Waals surface area contributed by atoms with Crippen molar-refractivity contribution in [1.82, 2.24) is 19.7 Å². The largest absolute Gasteiger partial charge is 0.467 e. The van der Waals surface area contributed by atoms with E-state index in [4.69, 9.17) is 4.74 Å². The average molecular weight is 270 g/mol. The topological polar surface area (TPSA) is 69.9 Å². The van der Waals surface area contributed by atoms with Gasteiger partial charge in [0.05, 0.1) is 23.8 Å². The van der Waals surface area contributed by atoms with Crippen LogP contribution in [0.1, 0.15) is 18.7 Å². The number of methoxy groups -OCH3 is 1. The lowest BCUT2D eigenvalue weighted by Gasteiger charge is -2.10. The predicted molar refractivity (Wildman–Crippen MR) is 74.3 cm³/mol. The molecule has 0 N–H and O–H groups in total. The molecule has 0 radical (unpaired) electrons. The first kappa shape index (κ1) is 12.5. The summed E-state index contributed by atoms with van der Waals surface area (Å²) in [6.07, 6.45) is 0. The van der Waals surface area contributed by atoms with Gasteiger partial charge >= 0.3 is 5.97 Å². The van der Waals surface area contributed by atoms with E-state index in [1.165, 1.54) is 7.11 Å². The molecule has 0 spiro atoms. The molecule has 0 saturated carbocycles. The molecular weight excluding hydrogens is 256 g/mol. The summed E-state index contributed by atoms with van der Waals surface area (Å²) in [7, 11) is 1.36.